The molecule has 182 valence electrons. The van der Waals surface area contributed by atoms with Crippen molar-refractivity contribution in [2.45, 2.75) is 65.0 Å². The molecule has 1 aromatic heterocycles. The van der Waals surface area contributed by atoms with Crippen LogP contribution in [-0.2, 0) is 14.3 Å². The molecule has 0 bridgehead atoms. The third-order valence-corrected chi connectivity index (χ3v) is 7.07. The van der Waals surface area contributed by atoms with Crippen LogP contribution in [0.3, 0.4) is 0 Å². The van der Waals surface area contributed by atoms with Crippen LogP contribution in [0, 0.1) is 23.2 Å². The van der Waals surface area contributed by atoms with Gasteiger partial charge in [0.1, 0.15) is 11.0 Å². The van der Waals surface area contributed by atoms with E-state index in [1.54, 1.807) is 18.1 Å². The topological polar surface area (TPSA) is 88.1 Å². The van der Waals surface area contributed by atoms with E-state index in [0.717, 1.165) is 37.0 Å². The molecule has 2 N–H and O–H groups in total. The monoisotopic (exact) mass is 476 g/mol. The number of hydrogen-bond acceptors (Lipinski definition) is 6. The van der Waals surface area contributed by atoms with Crippen molar-refractivity contribution in [2.75, 3.05) is 38.3 Å². The van der Waals surface area contributed by atoms with Crippen molar-refractivity contribution in [1.82, 2.24) is 5.32 Å². The maximum absolute atomic E-state index is 13.6. The summed E-state index contributed by atoms with van der Waals surface area (Å²) in [6.45, 7) is 7.96. The number of aromatic carboxylic acids is 1. The van der Waals surface area contributed by atoms with Gasteiger partial charge in [0.05, 0.1) is 29.8 Å². The van der Waals surface area contributed by atoms with Crippen LogP contribution in [0.25, 0.3) is 0 Å². The van der Waals surface area contributed by atoms with Crippen molar-refractivity contribution in [3.63, 3.8) is 0 Å². The molecule has 0 radical (unpaired) electrons. The number of anilines is 1. The van der Waals surface area contributed by atoms with Crippen LogP contribution in [0.15, 0.2) is 6.07 Å². The molecule has 33 heavy (non-hydrogen) atoms. The fourth-order valence-electron chi connectivity index (χ4n) is 4.42. The molecule has 1 unspecified atom stereocenters. The van der Waals surface area contributed by atoms with Gasteiger partial charge in [-0.2, -0.15) is 0 Å². The fraction of sp³-hybridized carbons (Fsp3) is 0.680. The first-order valence-electron chi connectivity index (χ1n) is 11.8. The molecule has 1 aliphatic heterocycles. The highest BCUT2D eigenvalue weighted by Gasteiger charge is 2.42. The Morgan fingerprint density at radius 3 is 2.70 bits per heavy atom. The van der Waals surface area contributed by atoms with Gasteiger partial charge in [0.25, 0.3) is 5.91 Å². The second-order valence-corrected chi connectivity index (χ2v) is 10.9. The largest absolute Gasteiger partial charge is 0.477 e. The van der Waals surface area contributed by atoms with E-state index in [2.05, 4.69) is 17.2 Å². The van der Waals surface area contributed by atoms with Crippen LogP contribution in [0.1, 0.15) is 67.4 Å². The zero-order chi connectivity index (χ0) is 24.0. The number of nitrogens with one attached hydrogen (secondary N) is 1. The van der Waals surface area contributed by atoms with Gasteiger partial charge in [0.2, 0.25) is 0 Å². The van der Waals surface area contributed by atoms with Crippen LogP contribution < -0.4 is 10.2 Å². The number of ether oxygens (including phenoxy) is 2. The first kappa shape index (κ1) is 25.7. The molecular weight excluding hydrogens is 440 g/mol. The van der Waals surface area contributed by atoms with E-state index in [9.17, 15) is 14.7 Å². The summed E-state index contributed by atoms with van der Waals surface area (Å²) in [6.07, 6.45) is 4.85. The summed E-state index contributed by atoms with van der Waals surface area (Å²) in [5, 5.41) is 13.2. The Kier molecular flexibility index (Phi) is 8.94. The number of methoxy groups -OCH3 is 1. The highest BCUT2D eigenvalue weighted by Crippen LogP contribution is 2.38. The Hall–Kier alpha value is -1.92. The van der Waals surface area contributed by atoms with Crippen molar-refractivity contribution in [3.05, 3.63) is 15.8 Å². The molecule has 0 spiro atoms. The van der Waals surface area contributed by atoms with Crippen molar-refractivity contribution in [2.24, 2.45) is 11.3 Å². The Bertz CT molecular complexity index is 889. The Morgan fingerprint density at radius 2 is 2.06 bits per heavy atom. The molecule has 2 fully saturated rings. The van der Waals surface area contributed by atoms with Gasteiger partial charge in [0.15, 0.2) is 0 Å². The highest BCUT2D eigenvalue weighted by molar-refractivity contribution is 7.15. The Balaban J connectivity index is 1.95. The van der Waals surface area contributed by atoms with Gasteiger partial charge in [-0.15, -0.1) is 11.3 Å². The zero-order valence-electron chi connectivity index (χ0n) is 20.1. The van der Waals surface area contributed by atoms with E-state index in [4.69, 9.17) is 9.47 Å². The summed E-state index contributed by atoms with van der Waals surface area (Å²) in [5.74, 6) is 5.38. The normalized spacial score (nSPS) is 22.2. The molecule has 1 aliphatic carbocycles. The second kappa shape index (κ2) is 11.5. The maximum atomic E-state index is 13.6. The van der Waals surface area contributed by atoms with E-state index in [0.29, 0.717) is 42.8 Å². The summed E-state index contributed by atoms with van der Waals surface area (Å²) in [4.78, 5) is 28.4. The van der Waals surface area contributed by atoms with Gasteiger partial charge in [-0.05, 0) is 45.6 Å². The molecule has 3 rings (SSSR count). The fourth-order valence-corrected chi connectivity index (χ4v) is 5.26. The zero-order valence-corrected chi connectivity index (χ0v) is 20.9. The van der Waals surface area contributed by atoms with E-state index >= 15 is 0 Å². The minimum absolute atomic E-state index is 0.162. The van der Waals surface area contributed by atoms with Crippen LogP contribution in [0.4, 0.5) is 5.69 Å². The van der Waals surface area contributed by atoms with Gasteiger partial charge in [-0.3, -0.25) is 4.79 Å². The van der Waals surface area contributed by atoms with Crippen LogP contribution in [0.5, 0.6) is 0 Å². The lowest BCUT2D eigenvalue weighted by Gasteiger charge is -2.44. The number of amides is 1. The lowest BCUT2D eigenvalue weighted by molar-refractivity contribution is -0.137. The van der Waals surface area contributed by atoms with Crippen molar-refractivity contribution in [3.8, 4) is 11.8 Å². The van der Waals surface area contributed by atoms with Crippen LogP contribution in [0.2, 0.25) is 0 Å². The molecule has 1 saturated carbocycles. The molecular formula is C25H36N2O5S. The number of carboxylic acids is 1. The SMILES string of the molecule is COCCNCC1OC[C@@H](C2CCCCC2)N(c2cc(C#CC(C)(C)C)sc2C(=O)O)C1=O. The number of morpholine rings is 1. The molecule has 1 saturated heterocycles. The second-order valence-electron chi connectivity index (χ2n) is 9.82. The molecule has 8 heteroatoms. The van der Waals surface area contributed by atoms with E-state index in [1.165, 1.54) is 6.42 Å². The van der Waals surface area contributed by atoms with E-state index < -0.39 is 12.1 Å². The number of thiophene rings is 1. The third kappa shape index (κ3) is 6.80. The maximum Gasteiger partial charge on any atom is 0.348 e. The number of rotatable bonds is 8. The summed E-state index contributed by atoms with van der Waals surface area (Å²) in [7, 11) is 1.63. The highest BCUT2D eigenvalue weighted by atomic mass is 32.1. The summed E-state index contributed by atoms with van der Waals surface area (Å²) < 4.78 is 11.1. The summed E-state index contributed by atoms with van der Waals surface area (Å²) in [5.41, 5.74) is 0.253. The first-order chi connectivity index (χ1) is 15.7. The van der Waals surface area contributed by atoms with Crippen molar-refractivity contribution in [1.29, 1.82) is 0 Å². The van der Waals surface area contributed by atoms with Gasteiger partial charge in [0, 0.05) is 25.6 Å². The number of carbonyl (C=O) groups excluding carboxylic acids is 1. The molecule has 2 heterocycles. The number of carbonyl (C=O) groups is 2. The molecule has 1 aromatic rings. The van der Waals surface area contributed by atoms with Gasteiger partial charge in [-0.25, -0.2) is 4.79 Å². The first-order valence-corrected chi connectivity index (χ1v) is 12.6. The molecule has 1 amide bonds. The molecule has 2 aliphatic rings. The average Bonchev–Trinajstić information content (AvgIpc) is 3.20. The predicted molar refractivity (Wildman–Crippen MR) is 130 cm³/mol. The number of nitrogens with zero attached hydrogens (tertiary/aromatic N) is 1. The van der Waals surface area contributed by atoms with Crippen LogP contribution in [-0.4, -0.2) is 62.5 Å². The smallest absolute Gasteiger partial charge is 0.348 e. The van der Waals surface area contributed by atoms with Gasteiger partial charge < -0.3 is 24.8 Å². The predicted octanol–water partition coefficient (Wildman–Crippen LogP) is 3.76. The lowest BCUT2D eigenvalue weighted by Crippen LogP contribution is -2.59. The lowest BCUT2D eigenvalue weighted by atomic mass is 9.82. The number of carboxylic acid groups (broad SMARTS) is 1. The quantitative estimate of drug-likeness (QED) is 0.439. The Labute approximate surface area is 200 Å². The van der Waals surface area contributed by atoms with Crippen molar-refractivity contribution < 1.29 is 24.2 Å². The molecule has 2 atom stereocenters. The average molecular weight is 477 g/mol. The van der Waals surface area contributed by atoms with Crippen LogP contribution >= 0.6 is 11.3 Å². The minimum atomic E-state index is -1.03. The summed E-state index contributed by atoms with van der Waals surface area (Å²) in [6, 6.07) is 1.62. The van der Waals surface area contributed by atoms with Gasteiger partial charge in [-0.1, -0.05) is 31.1 Å². The molecule has 7 nitrogen and oxygen atoms in total. The summed E-state index contributed by atoms with van der Waals surface area (Å²) >= 11 is 1.14. The van der Waals surface area contributed by atoms with E-state index in [-0.39, 0.29) is 22.2 Å². The third-order valence-electron chi connectivity index (χ3n) is 6.05. The van der Waals surface area contributed by atoms with Gasteiger partial charge >= 0.3 is 5.97 Å². The number of hydrogen-bond donors (Lipinski definition) is 2. The van der Waals surface area contributed by atoms with E-state index in [1.807, 2.05) is 20.8 Å². The standard InChI is InChI=1S/C25H36N2O5S/c1-25(2,3)11-10-18-14-19(22(33-18)24(29)30)27-20(17-8-6-5-7-9-17)16-32-21(23(27)28)15-26-12-13-31-4/h14,17,20-21,26H,5-9,12-13,15-16H2,1-4H3,(H,29,30)/t20-,21?/m0/s1. The molecule has 0 aromatic carbocycles. The Morgan fingerprint density at radius 1 is 1.33 bits per heavy atom. The minimum Gasteiger partial charge on any atom is -0.477 e. The van der Waals surface area contributed by atoms with Crippen molar-refractivity contribution >= 4 is 28.9 Å².